The van der Waals surface area contributed by atoms with Gasteiger partial charge in [0.15, 0.2) is 11.6 Å². The number of aromatic carboxylic acids is 1. The van der Waals surface area contributed by atoms with E-state index in [1.807, 2.05) is 4.90 Å². The number of hydrogen-bond donors (Lipinski definition) is 2. The molecule has 3 fully saturated rings. The first-order valence-corrected chi connectivity index (χ1v) is 9.60. The van der Waals surface area contributed by atoms with Gasteiger partial charge in [-0.15, -0.1) is 12.4 Å². The number of nitrogens with two attached hydrogens (primary N) is 1. The smallest absolute Gasteiger partial charge is 0.341 e. The number of fused-ring (bicyclic) bond motifs is 1. The van der Waals surface area contributed by atoms with Gasteiger partial charge in [0.1, 0.15) is 17.4 Å². The van der Waals surface area contributed by atoms with Gasteiger partial charge >= 0.3 is 5.97 Å². The van der Waals surface area contributed by atoms with E-state index in [-0.39, 0.29) is 52.6 Å². The van der Waals surface area contributed by atoms with Crippen molar-refractivity contribution >= 4 is 35.0 Å². The Morgan fingerprint density at radius 2 is 2.07 bits per heavy atom. The Bertz CT molecular complexity index is 1120. The van der Waals surface area contributed by atoms with Gasteiger partial charge in [-0.2, -0.15) is 0 Å². The Balaban J connectivity index is 0.00000218. The van der Waals surface area contributed by atoms with Crippen LogP contribution in [0.1, 0.15) is 35.7 Å². The Kier molecular flexibility index (Phi) is 4.74. The predicted octanol–water partition coefficient (Wildman–Crippen LogP) is 2.48. The summed E-state index contributed by atoms with van der Waals surface area (Å²) in [5, 5.41) is 9.25. The largest absolute Gasteiger partial charge is 0.492 e. The van der Waals surface area contributed by atoms with E-state index in [0.29, 0.717) is 13.1 Å². The van der Waals surface area contributed by atoms with Crippen LogP contribution in [-0.2, 0) is 0 Å². The zero-order chi connectivity index (χ0) is 20.7. The molecular weight excluding hydrogens is 420 g/mol. The normalized spacial score (nSPS) is 26.0. The van der Waals surface area contributed by atoms with Crippen LogP contribution in [0.3, 0.4) is 0 Å². The lowest BCUT2D eigenvalue weighted by Crippen LogP contribution is -2.30. The molecule has 1 saturated heterocycles. The fourth-order valence-electron chi connectivity index (χ4n) is 4.64. The number of carboxylic acids is 1. The van der Waals surface area contributed by atoms with Gasteiger partial charge in [0.2, 0.25) is 5.43 Å². The lowest BCUT2D eigenvalue weighted by Gasteiger charge is -2.24. The average molecular weight is 442 g/mol. The number of nitrogens with zero attached hydrogens (tertiary/aromatic N) is 2. The summed E-state index contributed by atoms with van der Waals surface area (Å²) in [5.74, 6) is -2.01. The van der Waals surface area contributed by atoms with Gasteiger partial charge in [0.25, 0.3) is 0 Å². The van der Waals surface area contributed by atoms with Crippen molar-refractivity contribution in [3.8, 4) is 5.75 Å². The lowest BCUT2D eigenvalue weighted by molar-refractivity contribution is 0.0694. The van der Waals surface area contributed by atoms with Crippen molar-refractivity contribution in [1.29, 1.82) is 0 Å². The first-order chi connectivity index (χ1) is 13.8. The number of aromatic nitrogens is 1. The highest BCUT2D eigenvalue weighted by molar-refractivity contribution is 5.97. The van der Waals surface area contributed by atoms with Gasteiger partial charge in [-0.1, -0.05) is 0 Å². The summed E-state index contributed by atoms with van der Waals surface area (Å²) < 4.78 is 36.1. The van der Waals surface area contributed by atoms with Gasteiger partial charge in [-0.3, -0.25) is 4.79 Å². The van der Waals surface area contributed by atoms with Crippen molar-refractivity contribution in [3.63, 3.8) is 0 Å². The summed E-state index contributed by atoms with van der Waals surface area (Å²) in [4.78, 5) is 26.1. The van der Waals surface area contributed by atoms with Crippen molar-refractivity contribution in [2.75, 3.05) is 25.1 Å². The number of ether oxygens (including phenoxy) is 1. The summed E-state index contributed by atoms with van der Waals surface area (Å²) in [6, 6.07) is 0.342. The molecule has 3 N–H and O–H groups in total. The topological polar surface area (TPSA) is 97.8 Å². The molecule has 2 aliphatic carbocycles. The van der Waals surface area contributed by atoms with Crippen LogP contribution in [0.5, 0.6) is 5.75 Å². The first-order valence-electron chi connectivity index (χ1n) is 9.60. The second-order valence-electron chi connectivity index (χ2n) is 8.39. The molecule has 1 spiro atoms. The number of hydrogen-bond acceptors (Lipinski definition) is 5. The van der Waals surface area contributed by atoms with E-state index in [4.69, 9.17) is 10.5 Å². The minimum Gasteiger partial charge on any atom is -0.492 e. The maximum atomic E-state index is 15.2. The van der Waals surface area contributed by atoms with E-state index in [9.17, 15) is 19.1 Å². The molecule has 0 radical (unpaired) electrons. The van der Waals surface area contributed by atoms with Crippen molar-refractivity contribution in [3.05, 3.63) is 33.9 Å². The molecule has 3 aliphatic rings. The van der Waals surface area contributed by atoms with Crippen LogP contribution >= 0.6 is 12.4 Å². The van der Waals surface area contributed by atoms with Crippen LogP contribution in [-0.4, -0.2) is 48.1 Å². The Hall–Kier alpha value is -2.39. The Morgan fingerprint density at radius 1 is 1.40 bits per heavy atom. The average Bonchev–Trinajstić information content (AvgIpc) is 3.56. The number of anilines is 1. The Morgan fingerprint density at radius 3 is 2.57 bits per heavy atom. The second kappa shape index (κ2) is 6.81. The third kappa shape index (κ3) is 2.86. The summed E-state index contributed by atoms with van der Waals surface area (Å²) in [5.41, 5.74) is 5.31. The number of carboxylic acid groups (broad SMARTS) is 1. The third-order valence-corrected chi connectivity index (χ3v) is 6.59. The van der Waals surface area contributed by atoms with Gasteiger partial charge in [-0.05, 0) is 18.9 Å². The number of carbonyl (C=O) groups is 1. The Labute approximate surface area is 176 Å². The van der Waals surface area contributed by atoms with Crippen LogP contribution in [0.25, 0.3) is 10.9 Å². The molecule has 5 rings (SSSR count). The number of pyridine rings is 1. The molecule has 1 aliphatic heterocycles. The molecule has 2 heterocycles. The van der Waals surface area contributed by atoms with Crippen LogP contribution in [0.2, 0.25) is 0 Å². The molecule has 3 atom stereocenters. The number of halogens is 3. The predicted molar refractivity (Wildman–Crippen MR) is 109 cm³/mol. The van der Waals surface area contributed by atoms with Crippen molar-refractivity contribution in [2.45, 2.75) is 37.5 Å². The molecule has 10 heteroatoms. The summed E-state index contributed by atoms with van der Waals surface area (Å²) >= 11 is 0. The van der Waals surface area contributed by atoms with Crippen LogP contribution < -0.4 is 20.8 Å². The zero-order valence-corrected chi connectivity index (χ0v) is 17.0. The van der Waals surface area contributed by atoms with E-state index in [0.717, 1.165) is 25.1 Å². The van der Waals surface area contributed by atoms with Crippen LogP contribution in [0.4, 0.5) is 14.5 Å². The summed E-state index contributed by atoms with van der Waals surface area (Å²) in [6.07, 6.45) is 2.15. The number of benzene rings is 1. The van der Waals surface area contributed by atoms with E-state index in [1.165, 1.54) is 11.7 Å². The molecular formula is C20H22ClF2N3O4. The van der Waals surface area contributed by atoms with E-state index in [1.54, 1.807) is 0 Å². The fraction of sp³-hybridized carbons (Fsp3) is 0.500. The highest BCUT2D eigenvalue weighted by atomic mass is 35.5. The van der Waals surface area contributed by atoms with Gasteiger partial charge < -0.3 is 25.0 Å². The highest BCUT2D eigenvalue weighted by Gasteiger charge is 2.54. The molecule has 0 bridgehead atoms. The third-order valence-electron chi connectivity index (χ3n) is 6.59. The molecule has 0 amide bonds. The zero-order valence-electron chi connectivity index (χ0n) is 16.2. The molecule has 7 nitrogen and oxygen atoms in total. The number of alkyl halides is 1. The van der Waals surface area contributed by atoms with E-state index >= 15 is 4.39 Å². The molecule has 1 aromatic carbocycles. The minimum absolute atomic E-state index is 0. The fourth-order valence-corrected chi connectivity index (χ4v) is 4.64. The number of rotatable bonds is 4. The maximum Gasteiger partial charge on any atom is 0.341 e. The quantitative estimate of drug-likeness (QED) is 0.756. The second-order valence-corrected chi connectivity index (χ2v) is 8.39. The maximum absolute atomic E-state index is 15.2. The van der Waals surface area contributed by atoms with E-state index < -0.39 is 35.0 Å². The van der Waals surface area contributed by atoms with Crippen molar-refractivity contribution in [2.24, 2.45) is 11.1 Å². The molecule has 2 aromatic rings. The molecule has 1 aromatic heterocycles. The summed E-state index contributed by atoms with van der Waals surface area (Å²) in [7, 11) is 1.36. The standard InChI is InChI=1S/C20H21F2N3O4.ClH/c1-29-18-15-9(17(26)10(19(27)28)6-25(15)13-5-11(13)21)4-12(22)16(18)24-7-14(23)20(8-24)2-3-20;/h4,6,11,13-14H,2-3,5,7-8,23H2,1H3,(H,27,28);1H/t11-,13+,14+;/m0./s1. The summed E-state index contributed by atoms with van der Waals surface area (Å²) in [6.45, 7) is 1.03. The number of methoxy groups -OCH3 is 1. The lowest BCUT2D eigenvalue weighted by atomic mass is 10.0. The van der Waals surface area contributed by atoms with Gasteiger partial charge in [0, 0.05) is 37.2 Å². The minimum atomic E-state index is -1.44. The van der Waals surface area contributed by atoms with Crippen molar-refractivity contribution in [1.82, 2.24) is 4.57 Å². The molecule has 0 unspecified atom stereocenters. The monoisotopic (exact) mass is 441 g/mol. The SMILES string of the molecule is COc1c(N2C[C@@H](N)C3(CC3)C2)c(F)cc2c(=O)c(C(=O)O)cn([C@@H]3C[C@@H]3F)c12.Cl. The van der Waals surface area contributed by atoms with Crippen LogP contribution in [0.15, 0.2) is 17.1 Å². The van der Waals surface area contributed by atoms with Crippen LogP contribution in [0, 0.1) is 11.2 Å². The molecule has 30 heavy (non-hydrogen) atoms. The first kappa shape index (κ1) is 20.9. The highest BCUT2D eigenvalue weighted by Crippen LogP contribution is 2.54. The van der Waals surface area contributed by atoms with Crippen molar-refractivity contribution < 1.29 is 23.4 Å². The molecule has 162 valence electrons. The van der Waals surface area contributed by atoms with Gasteiger partial charge in [0.05, 0.1) is 24.1 Å². The van der Waals surface area contributed by atoms with Gasteiger partial charge in [-0.25, -0.2) is 13.6 Å². The molecule has 2 saturated carbocycles. The van der Waals surface area contributed by atoms with E-state index in [2.05, 4.69) is 0 Å².